The van der Waals surface area contributed by atoms with E-state index < -0.39 is 0 Å². The molecule has 2 N–H and O–H groups in total. The van der Waals surface area contributed by atoms with Crippen LogP contribution in [-0.4, -0.2) is 10.1 Å². The zero-order valence-corrected chi connectivity index (χ0v) is 11.4. The van der Waals surface area contributed by atoms with Gasteiger partial charge in [0.1, 0.15) is 0 Å². The normalized spacial score (nSPS) is 16.6. The van der Waals surface area contributed by atoms with E-state index in [0.717, 1.165) is 5.82 Å². The summed E-state index contributed by atoms with van der Waals surface area (Å²) in [6.07, 6.45) is 3.05. The van der Waals surface area contributed by atoms with Crippen LogP contribution in [0.15, 0.2) is 22.7 Å². The standard InChI is InChI=1S/C15H19N3O/c1-9-5-10(2)7-11(6-9)8-13-17-15(19-18-13)14(16)12-3-4-12/h5-7,12,14H,3-4,8,16H2,1-2H3. The highest BCUT2D eigenvalue weighted by Crippen LogP contribution is 2.38. The Morgan fingerprint density at radius 2 is 1.95 bits per heavy atom. The Balaban J connectivity index is 1.75. The Kier molecular flexibility index (Phi) is 3.11. The van der Waals surface area contributed by atoms with Gasteiger partial charge in [0, 0.05) is 6.42 Å². The molecule has 2 aromatic rings. The van der Waals surface area contributed by atoms with E-state index in [9.17, 15) is 0 Å². The molecule has 1 aromatic heterocycles. The number of benzene rings is 1. The third-order valence-electron chi connectivity index (χ3n) is 3.54. The van der Waals surface area contributed by atoms with Gasteiger partial charge >= 0.3 is 0 Å². The monoisotopic (exact) mass is 257 g/mol. The van der Waals surface area contributed by atoms with E-state index in [2.05, 4.69) is 42.2 Å². The van der Waals surface area contributed by atoms with E-state index in [1.807, 2.05) is 0 Å². The molecule has 100 valence electrons. The van der Waals surface area contributed by atoms with Crippen molar-refractivity contribution >= 4 is 0 Å². The van der Waals surface area contributed by atoms with Crippen LogP contribution in [0.1, 0.15) is 47.3 Å². The summed E-state index contributed by atoms with van der Waals surface area (Å²) in [5.41, 5.74) is 9.79. The molecule has 0 bridgehead atoms. The van der Waals surface area contributed by atoms with E-state index >= 15 is 0 Å². The predicted octanol–water partition coefficient (Wildman–Crippen LogP) is 2.69. The smallest absolute Gasteiger partial charge is 0.243 e. The van der Waals surface area contributed by atoms with Crippen molar-refractivity contribution in [3.05, 3.63) is 46.6 Å². The van der Waals surface area contributed by atoms with Crippen molar-refractivity contribution in [1.29, 1.82) is 0 Å². The first kappa shape index (κ1) is 12.4. The molecular weight excluding hydrogens is 238 g/mol. The van der Waals surface area contributed by atoms with Crippen molar-refractivity contribution in [2.45, 2.75) is 39.2 Å². The van der Waals surface area contributed by atoms with Gasteiger partial charge in [-0.25, -0.2) is 0 Å². The average Bonchev–Trinajstić information content (AvgIpc) is 3.08. The Bertz CT molecular complexity index is 567. The molecule has 1 unspecified atom stereocenters. The molecule has 4 heteroatoms. The molecule has 0 aliphatic heterocycles. The molecule has 1 aliphatic rings. The third kappa shape index (κ3) is 2.84. The van der Waals surface area contributed by atoms with Crippen LogP contribution in [0.4, 0.5) is 0 Å². The lowest BCUT2D eigenvalue weighted by atomic mass is 10.0. The van der Waals surface area contributed by atoms with Gasteiger partial charge in [-0.2, -0.15) is 4.98 Å². The van der Waals surface area contributed by atoms with Gasteiger partial charge < -0.3 is 10.3 Å². The molecule has 1 heterocycles. The largest absolute Gasteiger partial charge is 0.338 e. The number of nitrogens with two attached hydrogens (primary N) is 1. The second-order valence-electron chi connectivity index (χ2n) is 5.58. The molecule has 0 amide bonds. The summed E-state index contributed by atoms with van der Waals surface area (Å²) in [6, 6.07) is 6.39. The topological polar surface area (TPSA) is 64.9 Å². The SMILES string of the molecule is Cc1cc(C)cc(Cc2noc(C(N)C3CC3)n2)c1. The molecule has 19 heavy (non-hydrogen) atoms. The second kappa shape index (κ2) is 4.78. The highest BCUT2D eigenvalue weighted by molar-refractivity contribution is 5.30. The van der Waals surface area contributed by atoms with Gasteiger partial charge in [-0.05, 0) is 38.2 Å². The van der Waals surface area contributed by atoms with Gasteiger partial charge in [-0.1, -0.05) is 34.5 Å². The number of rotatable bonds is 4. The van der Waals surface area contributed by atoms with Crippen LogP contribution in [0, 0.1) is 19.8 Å². The number of hydrogen-bond donors (Lipinski definition) is 1. The fourth-order valence-electron chi connectivity index (χ4n) is 2.49. The van der Waals surface area contributed by atoms with E-state index in [0.29, 0.717) is 18.2 Å². The second-order valence-corrected chi connectivity index (χ2v) is 5.58. The summed E-state index contributed by atoms with van der Waals surface area (Å²) in [5.74, 6) is 1.84. The summed E-state index contributed by atoms with van der Waals surface area (Å²) in [6.45, 7) is 4.20. The van der Waals surface area contributed by atoms with Gasteiger partial charge in [0.2, 0.25) is 5.89 Å². The minimum absolute atomic E-state index is 0.0829. The molecule has 1 fully saturated rings. The highest BCUT2D eigenvalue weighted by Gasteiger charge is 2.33. The van der Waals surface area contributed by atoms with Gasteiger partial charge in [0.05, 0.1) is 6.04 Å². The third-order valence-corrected chi connectivity index (χ3v) is 3.54. The summed E-state index contributed by atoms with van der Waals surface area (Å²) in [4.78, 5) is 4.42. The van der Waals surface area contributed by atoms with Crippen molar-refractivity contribution in [1.82, 2.24) is 10.1 Å². The van der Waals surface area contributed by atoms with Gasteiger partial charge in [-0.3, -0.25) is 0 Å². The first-order valence-corrected chi connectivity index (χ1v) is 6.77. The summed E-state index contributed by atoms with van der Waals surface area (Å²) in [5, 5.41) is 4.04. The number of nitrogens with zero attached hydrogens (tertiary/aromatic N) is 2. The minimum atomic E-state index is -0.0829. The van der Waals surface area contributed by atoms with Crippen molar-refractivity contribution in [2.75, 3.05) is 0 Å². The van der Waals surface area contributed by atoms with Crippen LogP contribution in [0.5, 0.6) is 0 Å². The van der Waals surface area contributed by atoms with E-state index in [1.54, 1.807) is 0 Å². The fourth-order valence-corrected chi connectivity index (χ4v) is 2.49. The molecule has 0 spiro atoms. The lowest BCUT2D eigenvalue weighted by molar-refractivity contribution is 0.340. The Hall–Kier alpha value is -1.68. The average molecular weight is 257 g/mol. The fraction of sp³-hybridized carbons (Fsp3) is 0.467. The molecule has 4 nitrogen and oxygen atoms in total. The Morgan fingerprint density at radius 3 is 2.58 bits per heavy atom. The van der Waals surface area contributed by atoms with Gasteiger partial charge in [0.15, 0.2) is 5.82 Å². The zero-order valence-electron chi connectivity index (χ0n) is 11.4. The van der Waals surface area contributed by atoms with Crippen molar-refractivity contribution in [2.24, 2.45) is 11.7 Å². The van der Waals surface area contributed by atoms with E-state index in [4.69, 9.17) is 10.3 Å². The van der Waals surface area contributed by atoms with E-state index in [1.165, 1.54) is 29.5 Å². The minimum Gasteiger partial charge on any atom is -0.338 e. The van der Waals surface area contributed by atoms with Gasteiger partial charge in [-0.15, -0.1) is 0 Å². The van der Waals surface area contributed by atoms with Gasteiger partial charge in [0.25, 0.3) is 0 Å². The molecule has 1 aliphatic carbocycles. The first-order chi connectivity index (χ1) is 9.11. The van der Waals surface area contributed by atoms with Crippen molar-refractivity contribution < 1.29 is 4.52 Å². The number of aromatic nitrogens is 2. The maximum Gasteiger partial charge on any atom is 0.243 e. The van der Waals surface area contributed by atoms with Crippen molar-refractivity contribution in [3.63, 3.8) is 0 Å². The molecule has 1 atom stereocenters. The quantitative estimate of drug-likeness (QED) is 0.914. The maximum atomic E-state index is 6.06. The van der Waals surface area contributed by atoms with E-state index in [-0.39, 0.29) is 6.04 Å². The van der Waals surface area contributed by atoms with Crippen molar-refractivity contribution in [3.8, 4) is 0 Å². The number of aryl methyl sites for hydroxylation is 2. The van der Waals surface area contributed by atoms with Crippen LogP contribution in [0.3, 0.4) is 0 Å². The predicted molar refractivity (Wildman–Crippen MR) is 72.7 cm³/mol. The van der Waals surface area contributed by atoms with Crippen LogP contribution < -0.4 is 5.73 Å². The Labute approximate surface area is 113 Å². The molecular formula is C15H19N3O. The summed E-state index contributed by atoms with van der Waals surface area (Å²) in [7, 11) is 0. The highest BCUT2D eigenvalue weighted by atomic mass is 16.5. The molecule has 0 radical (unpaired) electrons. The molecule has 0 saturated heterocycles. The summed E-state index contributed by atoms with van der Waals surface area (Å²) >= 11 is 0. The summed E-state index contributed by atoms with van der Waals surface area (Å²) < 4.78 is 5.27. The Morgan fingerprint density at radius 1 is 1.26 bits per heavy atom. The zero-order chi connectivity index (χ0) is 13.4. The van der Waals surface area contributed by atoms with Crippen LogP contribution in [0.2, 0.25) is 0 Å². The maximum absolute atomic E-state index is 6.06. The first-order valence-electron chi connectivity index (χ1n) is 6.77. The molecule has 1 aromatic carbocycles. The van der Waals surface area contributed by atoms with Crippen LogP contribution in [0.25, 0.3) is 0 Å². The molecule has 3 rings (SSSR count). The molecule has 1 saturated carbocycles. The van der Waals surface area contributed by atoms with Crippen LogP contribution >= 0.6 is 0 Å². The van der Waals surface area contributed by atoms with Crippen LogP contribution in [-0.2, 0) is 6.42 Å². The lowest BCUT2D eigenvalue weighted by Crippen LogP contribution is -2.12. The number of hydrogen-bond acceptors (Lipinski definition) is 4. The lowest BCUT2D eigenvalue weighted by Gasteiger charge is -2.02.